The zero-order valence-corrected chi connectivity index (χ0v) is 10.1. The number of nitrogens with one attached hydrogen (secondary N) is 1. The van der Waals surface area contributed by atoms with Gasteiger partial charge in [-0.15, -0.1) is 0 Å². The molecule has 17 heavy (non-hydrogen) atoms. The molecule has 0 bridgehead atoms. The number of hydrogen-bond donors (Lipinski definition) is 2. The monoisotopic (exact) mass is 231 g/mol. The Balaban J connectivity index is 1.92. The van der Waals surface area contributed by atoms with Gasteiger partial charge < -0.3 is 10.4 Å². The molecule has 0 saturated carbocycles. The third-order valence-corrected chi connectivity index (χ3v) is 2.71. The van der Waals surface area contributed by atoms with E-state index in [0.29, 0.717) is 18.8 Å². The van der Waals surface area contributed by atoms with Crippen LogP contribution in [0.4, 0.5) is 0 Å². The molecular formula is C13H17N3O. The fourth-order valence-corrected chi connectivity index (χ4v) is 1.75. The van der Waals surface area contributed by atoms with Gasteiger partial charge in [0.2, 0.25) is 0 Å². The molecule has 90 valence electrons. The van der Waals surface area contributed by atoms with Crippen molar-refractivity contribution in [3.05, 3.63) is 47.3 Å². The number of hydrogen-bond acceptors (Lipinski definition) is 3. The Hall–Kier alpha value is -1.81. The van der Waals surface area contributed by atoms with Gasteiger partial charge in [-0.05, 0) is 18.6 Å². The van der Waals surface area contributed by atoms with Crippen LogP contribution in [0.15, 0.2) is 30.5 Å². The highest BCUT2D eigenvalue weighted by molar-refractivity contribution is 5.39. The molecule has 0 aliphatic rings. The highest BCUT2D eigenvalue weighted by Gasteiger charge is 2.03. The topological polar surface area (TPSA) is 50.1 Å². The molecule has 0 spiro atoms. The van der Waals surface area contributed by atoms with Gasteiger partial charge in [-0.3, -0.25) is 4.68 Å². The zero-order valence-electron chi connectivity index (χ0n) is 10.1. The van der Waals surface area contributed by atoms with Crippen LogP contribution in [-0.4, -0.2) is 14.9 Å². The number of para-hydroxylation sites is 1. The summed E-state index contributed by atoms with van der Waals surface area (Å²) in [6, 6.07) is 7.75. The number of rotatable bonds is 4. The smallest absolute Gasteiger partial charge is 0.122 e. The molecule has 0 amide bonds. The Kier molecular flexibility index (Phi) is 3.44. The van der Waals surface area contributed by atoms with Gasteiger partial charge in [0.15, 0.2) is 0 Å². The van der Waals surface area contributed by atoms with Crippen LogP contribution >= 0.6 is 0 Å². The van der Waals surface area contributed by atoms with Crippen molar-refractivity contribution in [3.63, 3.8) is 0 Å². The van der Waals surface area contributed by atoms with Crippen molar-refractivity contribution < 1.29 is 5.11 Å². The van der Waals surface area contributed by atoms with Crippen molar-refractivity contribution in [1.29, 1.82) is 0 Å². The number of phenolic OH excluding ortho intramolecular Hbond substituents is 1. The third kappa shape index (κ3) is 2.85. The van der Waals surface area contributed by atoms with E-state index in [2.05, 4.69) is 10.4 Å². The van der Waals surface area contributed by atoms with Crippen LogP contribution < -0.4 is 5.32 Å². The molecule has 1 heterocycles. The van der Waals surface area contributed by atoms with Crippen LogP contribution in [0.5, 0.6) is 5.75 Å². The van der Waals surface area contributed by atoms with Crippen LogP contribution in [0.2, 0.25) is 0 Å². The van der Waals surface area contributed by atoms with Crippen LogP contribution in [-0.2, 0) is 20.1 Å². The quantitative estimate of drug-likeness (QED) is 0.842. The van der Waals surface area contributed by atoms with E-state index in [1.807, 2.05) is 44.4 Å². The van der Waals surface area contributed by atoms with E-state index in [4.69, 9.17) is 0 Å². The fourth-order valence-electron chi connectivity index (χ4n) is 1.75. The van der Waals surface area contributed by atoms with Crippen LogP contribution in [0, 0.1) is 6.92 Å². The van der Waals surface area contributed by atoms with E-state index in [1.54, 1.807) is 4.68 Å². The van der Waals surface area contributed by atoms with Gasteiger partial charge >= 0.3 is 0 Å². The maximum Gasteiger partial charge on any atom is 0.122 e. The van der Waals surface area contributed by atoms with Crippen LogP contribution in [0.1, 0.15) is 16.8 Å². The molecule has 1 aromatic carbocycles. The van der Waals surface area contributed by atoms with E-state index in [0.717, 1.165) is 16.8 Å². The molecule has 0 fully saturated rings. The van der Waals surface area contributed by atoms with Crippen LogP contribution in [0.25, 0.3) is 0 Å². The molecular weight excluding hydrogens is 214 g/mol. The second-order valence-corrected chi connectivity index (χ2v) is 4.17. The number of aromatic nitrogens is 2. The number of aromatic hydroxyl groups is 1. The summed E-state index contributed by atoms with van der Waals surface area (Å²) in [5.74, 6) is 0.376. The molecule has 2 rings (SSSR count). The Labute approximate surface area is 101 Å². The summed E-state index contributed by atoms with van der Waals surface area (Å²) in [5.41, 5.74) is 2.82. The Morgan fingerprint density at radius 3 is 2.82 bits per heavy atom. The summed E-state index contributed by atoms with van der Waals surface area (Å²) in [6.07, 6.45) is 1.92. The molecule has 0 radical (unpaired) electrons. The maximum absolute atomic E-state index is 9.84. The first-order valence-corrected chi connectivity index (χ1v) is 5.63. The zero-order chi connectivity index (χ0) is 12.3. The first-order valence-electron chi connectivity index (χ1n) is 5.63. The maximum atomic E-state index is 9.84. The van der Waals surface area contributed by atoms with E-state index >= 15 is 0 Å². The molecule has 0 unspecified atom stereocenters. The Bertz CT molecular complexity index is 505. The van der Waals surface area contributed by atoms with Gasteiger partial charge in [-0.1, -0.05) is 18.2 Å². The minimum atomic E-state index is 0.376. The van der Waals surface area contributed by atoms with Gasteiger partial charge in [0.1, 0.15) is 5.75 Å². The van der Waals surface area contributed by atoms with Gasteiger partial charge in [0, 0.05) is 31.9 Å². The van der Waals surface area contributed by atoms with E-state index in [-0.39, 0.29) is 0 Å². The lowest BCUT2D eigenvalue weighted by molar-refractivity contribution is 0.460. The van der Waals surface area contributed by atoms with Crippen molar-refractivity contribution >= 4 is 0 Å². The Morgan fingerprint density at radius 2 is 2.12 bits per heavy atom. The van der Waals surface area contributed by atoms with Gasteiger partial charge in [0.25, 0.3) is 0 Å². The highest BCUT2D eigenvalue weighted by atomic mass is 16.3. The summed E-state index contributed by atoms with van der Waals surface area (Å²) in [7, 11) is 1.90. The second-order valence-electron chi connectivity index (χ2n) is 4.17. The van der Waals surface area contributed by atoms with E-state index in [1.165, 1.54) is 0 Å². The lowest BCUT2D eigenvalue weighted by atomic mass is 10.1. The normalized spacial score (nSPS) is 10.7. The molecule has 0 atom stereocenters. The third-order valence-electron chi connectivity index (χ3n) is 2.71. The van der Waals surface area contributed by atoms with Crippen molar-refractivity contribution in [3.8, 4) is 5.75 Å². The summed E-state index contributed by atoms with van der Waals surface area (Å²) < 4.78 is 1.78. The summed E-state index contributed by atoms with van der Waals surface area (Å²) in [4.78, 5) is 0. The Morgan fingerprint density at radius 1 is 1.29 bits per heavy atom. The van der Waals surface area contributed by atoms with Gasteiger partial charge in [0.05, 0.1) is 5.69 Å². The average molecular weight is 231 g/mol. The molecule has 2 N–H and O–H groups in total. The molecule has 0 aliphatic carbocycles. The van der Waals surface area contributed by atoms with Crippen molar-refractivity contribution in [2.45, 2.75) is 20.0 Å². The predicted molar refractivity (Wildman–Crippen MR) is 66.6 cm³/mol. The fraction of sp³-hybridized carbons (Fsp3) is 0.308. The summed E-state index contributed by atoms with van der Waals surface area (Å²) in [5, 5.41) is 17.4. The van der Waals surface area contributed by atoms with Gasteiger partial charge in [-0.25, -0.2) is 0 Å². The van der Waals surface area contributed by atoms with Crippen molar-refractivity contribution in [1.82, 2.24) is 15.1 Å². The minimum Gasteiger partial charge on any atom is -0.507 e. The number of nitrogens with zero attached hydrogens (tertiary/aromatic N) is 2. The molecule has 0 aliphatic heterocycles. The lowest BCUT2D eigenvalue weighted by Crippen LogP contribution is -2.13. The number of aryl methyl sites for hydroxylation is 2. The average Bonchev–Trinajstić information content (AvgIpc) is 2.70. The number of benzene rings is 1. The lowest BCUT2D eigenvalue weighted by Gasteiger charge is -2.07. The minimum absolute atomic E-state index is 0.376. The standard InChI is InChI=1S/C13H17N3O/c1-10-4-3-5-11(13(10)17)8-14-9-12-6-7-16(2)15-12/h3-7,14,17H,8-9H2,1-2H3. The second kappa shape index (κ2) is 5.01. The largest absolute Gasteiger partial charge is 0.507 e. The predicted octanol–water partition coefficient (Wildman–Crippen LogP) is 1.72. The molecule has 4 heteroatoms. The van der Waals surface area contributed by atoms with Crippen molar-refractivity contribution in [2.75, 3.05) is 0 Å². The highest BCUT2D eigenvalue weighted by Crippen LogP contribution is 2.20. The first-order chi connectivity index (χ1) is 8.16. The van der Waals surface area contributed by atoms with E-state index < -0.39 is 0 Å². The molecule has 1 aromatic heterocycles. The van der Waals surface area contributed by atoms with E-state index in [9.17, 15) is 5.11 Å². The van der Waals surface area contributed by atoms with Crippen LogP contribution in [0.3, 0.4) is 0 Å². The molecule has 4 nitrogen and oxygen atoms in total. The summed E-state index contributed by atoms with van der Waals surface area (Å²) in [6.45, 7) is 3.25. The summed E-state index contributed by atoms with van der Waals surface area (Å²) >= 11 is 0. The van der Waals surface area contributed by atoms with Crippen molar-refractivity contribution in [2.24, 2.45) is 7.05 Å². The molecule has 0 saturated heterocycles. The SMILES string of the molecule is Cc1cccc(CNCc2ccn(C)n2)c1O. The molecule has 2 aromatic rings. The van der Waals surface area contributed by atoms with Gasteiger partial charge in [-0.2, -0.15) is 5.10 Å². The number of phenols is 1. The first kappa shape index (κ1) is 11.7.